The average Bonchev–Trinajstić information content (AvgIpc) is 2.51. The number of carbonyl (C=O) groups excluding carboxylic acids is 1. The molecule has 22 heavy (non-hydrogen) atoms. The number of ether oxygens (including phenoxy) is 1. The molecule has 1 aliphatic rings. The fourth-order valence-corrected chi connectivity index (χ4v) is 2.40. The van der Waals surface area contributed by atoms with Crippen LogP contribution in [0.4, 0.5) is 4.79 Å². The second kappa shape index (κ2) is 12.8. The van der Waals surface area contributed by atoms with Gasteiger partial charge in [-0.2, -0.15) is 0 Å². The van der Waals surface area contributed by atoms with Gasteiger partial charge in [-0.15, -0.1) is 24.0 Å². The van der Waals surface area contributed by atoms with Crippen molar-refractivity contribution in [3.63, 3.8) is 0 Å². The fourth-order valence-electron chi connectivity index (χ4n) is 2.40. The van der Waals surface area contributed by atoms with Crippen molar-refractivity contribution in [3.8, 4) is 0 Å². The van der Waals surface area contributed by atoms with Gasteiger partial charge in [0.25, 0.3) is 0 Å². The number of unbranched alkanes of at least 4 members (excludes halogenated alkanes) is 3. The molecule has 0 aromatic carbocycles. The highest BCUT2D eigenvalue weighted by Gasteiger charge is 2.23. The van der Waals surface area contributed by atoms with Crippen molar-refractivity contribution in [2.75, 3.05) is 46.4 Å². The van der Waals surface area contributed by atoms with E-state index in [2.05, 4.69) is 22.1 Å². The van der Waals surface area contributed by atoms with E-state index in [4.69, 9.17) is 4.74 Å². The molecule has 0 radical (unpaired) electrons. The number of carbonyl (C=O) groups is 1. The smallest absolute Gasteiger partial charge is 0.409 e. The minimum atomic E-state index is -0.209. The molecule has 0 unspecified atom stereocenters. The number of guanidine groups is 1. The number of rotatable bonds is 6. The van der Waals surface area contributed by atoms with Crippen molar-refractivity contribution in [3.05, 3.63) is 0 Å². The molecule has 7 heteroatoms. The lowest BCUT2D eigenvalue weighted by molar-refractivity contribution is 0.0914. The Bertz CT molecular complexity index is 332. The van der Waals surface area contributed by atoms with Crippen molar-refractivity contribution >= 4 is 36.0 Å². The van der Waals surface area contributed by atoms with E-state index < -0.39 is 0 Å². The van der Waals surface area contributed by atoms with Gasteiger partial charge in [0.15, 0.2) is 5.96 Å². The second-order valence-corrected chi connectivity index (χ2v) is 5.21. The van der Waals surface area contributed by atoms with Gasteiger partial charge in [-0.05, 0) is 13.3 Å². The first-order chi connectivity index (χ1) is 10.2. The summed E-state index contributed by atoms with van der Waals surface area (Å²) < 4.78 is 5.03. The molecule has 0 bridgehead atoms. The standard InChI is InChI=1S/C15H30N4O2.HI/c1-4-6-7-8-9-17-14(16-3)18-10-12-19(13-11-18)15(20)21-5-2;/h4-13H2,1-3H3,(H,16,17);1H. The van der Waals surface area contributed by atoms with Crippen LogP contribution in [0.1, 0.15) is 39.5 Å². The van der Waals surface area contributed by atoms with E-state index in [9.17, 15) is 4.79 Å². The van der Waals surface area contributed by atoms with Crippen LogP contribution in [-0.2, 0) is 4.74 Å². The summed E-state index contributed by atoms with van der Waals surface area (Å²) in [4.78, 5) is 20.0. The van der Waals surface area contributed by atoms with Gasteiger partial charge in [0, 0.05) is 39.8 Å². The average molecular weight is 426 g/mol. The third kappa shape index (κ3) is 7.51. The second-order valence-electron chi connectivity index (χ2n) is 5.21. The van der Waals surface area contributed by atoms with Crippen molar-refractivity contribution in [2.45, 2.75) is 39.5 Å². The summed E-state index contributed by atoms with van der Waals surface area (Å²) in [5.74, 6) is 0.940. The van der Waals surface area contributed by atoms with Crippen LogP contribution >= 0.6 is 24.0 Å². The van der Waals surface area contributed by atoms with E-state index in [1.54, 1.807) is 4.90 Å². The highest BCUT2D eigenvalue weighted by molar-refractivity contribution is 14.0. The first-order valence-corrected chi connectivity index (χ1v) is 8.10. The molecule has 6 nitrogen and oxygen atoms in total. The number of nitrogens with zero attached hydrogens (tertiary/aromatic N) is 3. The lowest BCUT2D eigenvalue weighted by Crippen LogP contribution is -2.54. The molecule has 0 atom stereocenters. The fraction of sp³-hybridized carbons (Fsp3) is 0.867. The molecule has 130 valence electrons. The van der Waals surface area contributed by atoms with Gasteiger partial charge in [-0.1, -0.05) is 26.2 Å². The van der Waals surface area contributed by atoms with E-state index in [1.807, 2.05) is 14.0 Å². The van der Waals surface area contributed by atoms with Gasteiger partial charge in [0.05, 0.1) is 6.61 Å². The number of nitrogens with one attached hydrogen (secondary N) is 1. The molecule has 0 aliphatic carbocycles. The van der Waals surface area contributed by atoms with Crippen molar-refractivity contribution in [1.29, 1.82) is 0 Å². The molecular weight excluding hydrogens is 395 g/mol. The quantitative estimate of drug-likeness (QED) is 0.307. The lowest BCUT2D eigenvalue weighted by Gasteiger charge is -2.35. The first kappa shape index (κ1) is 21.3. The summed E-state index contributed by atoms with van der Waals surface area (Å²) in [6, 6.07) is 0. The van der Waals surface area contributed by atoms with E-state index in [0.717, 1.165) is 25.6 Å². The van der Waals surface area contributed by atoms with Gasteiger partial charge < -0.3 is 19.9 Å². The molecule has 1 heterocycles. The van der Waals surface area contributed by atoms with E-state index >= 15 is 0 Å². The number of hydrogen-bond acceptors (Lipinski definition) is 3. The first-order valence-electron chi connectivity index (χ1n) is 8.10. The Morgan fingerprint density at radius 2 is 1.73 bits per heavy atom. The number of halogens is 1. The van der Waals surface area contributed by atoms with Crippen molar-refractivity contribution in [1.82, 2.24) is 15.1 Å². The summed E-state index contributed by atoms with van der Waals surface area (Å²) in [5.41, 5.74) is 0. The normalized spacial score (nSPS) is 15.3. The zero-order valence-corrected chi connectivity index (χ0v) is 16.5. The van der Waals surface area contributed by atoms with E-state index in [-0.39, 0.29) is 30.1 Å². The number of aliphatic imine (C=N–C) groups is 1. The molecule has 1 saturated heterocycles. The molecule has 1 rings (SSSR count). The molecule has 0 saturated carbocycles. The van der Waals surface area contributed by atoms with Crippen LogP contribution in [0.15, 0.2) is 4.99 Å². The maximum atomic E-state index is 11.7. The topological polar surface area (TPSA) is 57.2 Å². The maximum absolute atomic E-state index is 11.7. The molecule has 1 aliphatic heterocycles. The zero-order valence-electron chi connectivity index (χ0n) is 14.1. The molecular formula is C15H31IN4O2. The Kier molecular flexibility index (Phi) is 12.4. The molecule has 0 aromatic rings. The molecule has 1 N–H and O–H groups in total. The molecule has 0 aromatic heterocycles. The van der Waals surface area contributed by atoms with Crippen molar-refractivity contribution < 1.29 is 9.53 Å². The van der Waals surface area contributed by atoms with Gasteiger partial charge in [-0.3, -0.25) is 4.99 Å². The molecule has 1 fully saturated rings. The summed E-state index contributed by atoms with van der Waals surface area (Å²) in [6.07, 6.45) is 4.77. The Labute approximate surface area is 151 Å². The number of piperazine rings is 1. The summed E-state index contributed by atoms with van der Waals surface area (Å²) in [7, 11) is 1.81. The minimum absolute atomic E-state index is 0. The third-order valence-electron chi connectivity index (χ3n) is 3.63. The van der Waals surface area contributed by atoms with Gasteiger partial charge >= 0.3 is 6.09 Å². The predicted molar refractivity (Wildman–Crippen MR) is 101 cm³/mol. The third-order valence-corrected chi connectivity index (χ3v) is 3.63. The Morgan fingerprint density at radius 3 is 2.27 bits per heavy atom. The van der Waals surface area contributed by atoms with Crippen LogP contribution in [0, 0.1) is 0 Å². The summed E-state index contributed by atoms with van der Waals surface area (Å²) >= 11 is 0. The Morgan fingerprint density at radius 1 is 1.09 bits per heavy atom. The summed E-state index contributed by atoms with van der Waals surface area (Å²) in [5, 5.41) is 3.41. The number of amides is 1. The van der Waals surface area contributed by atoms with Crippen LogP contribution in [0.25, 0.3) is 0 Å². The van der Waals surface area contributed by atoms with Crippen LogP contribution < -0.4 is 5.32 Å². The van der Waals surface area contributed by atoms with E-state index in [1.165, 1.54) is 25.7 Å². The van der Waals surface area contributed by atoms with Crippen LogP contribution in [0.2, 0.25) is 0 Å². The van der Waals surface area contributed by atoms with E-state index in [0.29, 0.717) is 19.7 Å². The molecule has 0 spiro atoms. The number of hydrogen-bond donors (Lipinski definition) is 1. The van der Waals surface area contributed by atoms with Gasteiger partial charge in [0.2, 0.25) is 0 Å². The largest absolute Gasteiger partial charge is 0.450 e. The Hall–Kier alpha value is -0.730. The monoisotopic (exact) mass is 426 g/mol. The lowest BCUT2D eigenvalue weighted by atomic mass is 10.2. The van der Waals surface area contributed by atoms with Crippen LogP contribution in [0.3, 0.4) is 0 Å². The Balaban J connectivity index is 0.00000441. The van der Waals surface area contributed by atoms with Crippen molar-refractivity contribution in [2.24, 2.45) is 4.99 Å². The summed E-state index contributed by atoms with van der Waals surface area (Å²) in [6.45, 7) is 8.42. The molecule has 1 amide bonds. The minimum Gasteiger partial charge on any atom is -0.450 e. The maximum Gasteiger partial charge on any atom is 0.409 e. The highest BCUT2D eigenvalue weighted by atomic mass is 127. The van der Waals surface area contributed by atoms with Gasteiger partial charge in [0.1, 0.15) is 0 Å². The highest BCUT2D eigenvalue weighted by Crippen LogP contribution is 2.04. The van der Waals surface area contributed by atoms with Crippen LogP contribution in [-0.4, -0.2) is 68.2 Å². The van der Waals surface area contributed by atoms with Crippen LogP contribution in [0.5, 0.6) is 0 Å². The zero-order chi connectivity index (χ0) is 15.5. The predicted octanol–water partition coefficient (Wildman–Crippen LogP) is 2.53. The van der Waals surface area contributed by atoms with Gasteiger partial charge in [-0.25, -0.2) is 4.79 Å². The SMILES string of the molecule is CCCCCCNC(=NC)N1CCN(C(=O)OCC)CC1.I.